The lowest BCUT2D eigenvalue weighted by atomic mass is 10.2. The number of para-hydroxylation sites is 1. The van der Waals surface area contributed by atoms with Crippen molar-refractivity contribution in [3.05, 3.63) is 59.7 Å². The number of sulfonamides is 1. The van der Waals surface area contributed by atoms with Crippen LogP contribution in [0, 0.1) is 0 Å². The average molecular weight is 368 g/mol. The van der Waals surface area contributed by atoms with Crippen molar-refractivity contribution in [2.45, 2.75) is 11.3 Å². The van der Waals surface area contributed by atoms with Crippen molar-refractivity contribution in [2.24, 2.45) is 0 Å². The Morgan fingerprint density at radius 2 is 1.75 bits per heavy atom. The number of hydrogen-bond donors (Lipinski definition) is 0. The molecule has 0 unspecified atom stereocenters. The predicted octanol–water partition coefficient (Wildman–Crippen LogP) is 3.08. The molecule has 0 amide bonds. The zero-order chi connectivity index (χ0) is 17.7. The molecule has 0 bridgehead atoms. The van der Waals surface area contributed by atoms with Crippen LogP contribution in [0.2, 0.25) is 0 Å². The molecule has 5 nitrogen and oxygen atoms in total. The van der Waals surface area contributed by atoms with Gasteiger partial charge in [-0.15, -0.1) is 11.6 Å². The summed E-state index contributed by atoms with van der Waals surface area (Å²) >= 11 is 5.69. The largest absolute Gasteiger partial charge is 0.465 e. The topological polar surface area (TPSA) is 63.7 Å². The third-order valence-corrected chi connectivity index (χ3v) is 5.59. The number of esters is 1. The number of nitrogens with zero attached hydrogens (tertiary/aromatic N) is 1. The van der Waals surface area contributed by atoms with Gasteiger partial charge in [-0.05, 0) is 36.2 Å². The number of benzene rings is 2. The van der Waals surface area contributed by atoms with Gasteiger partial charge in [0.2, 0.25) is 0 Å². The number of aryl methyl sites for hydroxylation is 1. The molecular formula is C17H18ClNO4S. The summed E-state index contributed by atoms with van der Waals surface area (Å²) in [4.78, 5) is 12.0. The number of ether oxygens (including phenoxy) is 1. The first-order valence-electron chi connectivity index (χ1n) is 7.23. The average Bonchev–Trinajstić information content (AvgIpc) is 2.61. The van der Waals surface area contributed by atoms with Crippen LogP contribution in [0.15, 0.2) is 53.4 Å². The van der Waals surface area contributed by atoms with E-state index in [-0.39, 0.29) is 16.1 Å². The molecule has 24 heavy (non-hydrogen) atoms. The van der Waals surface area contributed by atoms with Gasteiger partial charge in [-0.1, -0.05) is 24.3 Å². The summed E-state index contributed by atoms with van der Waals surface area (Å²) in [5.74, 6) is -0.122. The van der Waals surface area contributed by atoms with Crippen LogP contribution in [0.1, 0.15) is 15.9 Å². The van der Waals surface area contributed by atoms with Gasteiger partial charge in [0.15, 0.2) is 0 Å². The third-order valence-electron chi connectivity index (χ3n) is 3.61. The van der Waals surface area contributed by atoms with Gasteiger partial charge in [-0.3, -0.25) is 4.31 Å². The van der Waals surface area contributed by atoms with E-state index in [1.54, 1.807) is 30.3 Å². The minimum atomic E-state index is -3.80. The second kappa shape index (κ2) is 7.68. The number of rotatable bonds is 6. The van der Waals surface area contributed by atoms with Crippen LogP contribution in [-0.4, -0.2) is 34.4 Å². The van der Waals surface area contributed by atoms with Gasteiger partial charge in [0.25, 0.3) is 10.0 Å². The fourth-order valence-electron chi connectivity index (χ4n) is 2.26. The minimum Gasteiger partial charge on any atom is -0.465 e. The van der Waals surface area contributed by atoms with Crippen LogP contribution < -0.4 is 4.31 Å². The fourth-order valence-corrected chi connectivity index (χ4v) is 3.69. The fraction of sp³-hybridized carbons (Fsp3) is 0.235. The van der Waals surface area contributed by atoms with Gasteiger partial charge in [-0.25, -0.2) is 13.2 Å². The highest BCUT2D eigenvalue weighted by Crippen LogP contribution is 2.26. The van der Waals surface area contributed by atoms with Gasteiger partial charge in [-0.2, -0.15) is 0 Å². The van der Waals surface area contributed by atoms with Gasteiger partial charge in [0, 0.05) is 12.9 Å². The van der Waals surface area contributed by atoms with Crippen LogP contribution >= 0.6 is 11.6 Å². The molecule has 0 aromatic heterocycles. The maximum absolute atomic E-state index is 12.8. The van der Waals surface area contributed by atoms with Crippen molar-refractivity contribution >= 4 is 33.3 Å². The molecule has 0 aliphatic rings. The SMILES string of the molecule is COC(=O)c1ccccc1N(C)S(=O)(=O)c1ccc(CCCl)cc1. The third kappa shape index (κ3) is 3.71. The quantitative estimate of drug-likeness (QED) is 0.581. The lowest BCUT2D eigenvalue weighted by Crippen LogP contribution is -2.28. The summed E-state index contributed by atoms with van der Waals surface area (Å²) in [5, 5.41) is 0. The molecule has 2 aromatic rings. The van der Waals surface area contributed by atoms with E-state index < -0.39 is 16.0 Å². The zero-order valence-corrected chi connectivity index (χ0v) is 15.0. The molecule has 128 valence electrons. The van der Waals surface area contributed by atoms with Gasteiger partial charge >= 0.3 is 5.97 Å². The molecule has 0 aliphatic heterocycles. The van der Waals surface area contributed by atoms with Crippen molar-refractivity contribution in [1.82, 2.24) is 0 Å². The normalized spacial score (nSPS) is 11.1. The van der Waals surface area contributed by atoms with Gasteiger partial charge < -0.3 is 4.74 Å². The van der Waals surface area contributed by atoms with E-state index >= 15 is 0 Å². The predicted molar refractivity (Wildman–Crippen MR) is 94.2 cm³/mol. The molecule has 0 fully saturated rings. The molecule has 0 atom stereocenters. The highest BCUT2D eigenvalue weighted by Gasteiger charge is 2.25. The Bertz CT molecular complexity index is 819. The van der Waals surface area contributed by atoms with Crippen molar-refractivity contribution in [1.29, 1.82) is 0 Å². The first-order chi connectivity index (χ1) is 11.4. The Balaban J connectivity index is 2.41. The minimum absolute atomic E-state index is 0.142. The van der Waals surface area contributed by atoms with Crippen LogP contribution in [0.4, 0.5) is 5.69 Å². The number of anilines is 1. The molecule has 2 aromatic carbocycles. The number of carbonyl (C=O) groups is 1. The molecule has 0 radical (unpaired) electrons. The van der Waals surface area contributed by atoms with Crippen molar-refractivity contribution in [3.8, 4) is 0 Å². The van der Waals surface area contributed by atoms with E-state index in [1.165, 1.54) is 32.4 Å². The zero-order valence-electron chi connectivity index (χ0n) is 13.4. The van der Waals surface area contributed by atoms with Crippen molar-refractivity contribution in [2.75, 3.05) is 24.3 Å². The summed E-state index contributed by atoms with van der Waals surface area (Å²) in [6.45, 7) is 0. The van der Waals surface area contributed by atoms with E-state index in [2.05, 4.69) is 0 Å². The summed E-state index contributed by atoms with van der Waals surface area (Å²) in [6.07, 6.45) is 0.670. The smallest absolute Gasteiger partial charge is 0.340 e. The maximum atomic E-state index is 12.8. The second-order valence-corrected chi connectivity index (χ2v) is 7.41. The van der Waals surface area contributed by atoms with Crippen LogP contribution in [0.3, 0.4) is 0 Å². The van der Waals surface area contributed by atoms with Gasteiger partial charge in [0.1, 0.15) is 0 Å². The number of carbonyl (C=O) groups excluding carboxylic acids is 1. The molecule has 0 N–H and O–H groups in total. The molecule has 0 heterocycles. The number of methoxy groups -OCH3 is 1. The summed E-state index contributed by atoms with van der Waals surface area (Å²) in [5.41, 5.74) is 1.40. The first-order valence-corrected chi connectivity index (χ1v) is 9.20. The Hall–Kier alpha value is -2.05. The summed E-state index contributed by atoms with van der Waals surface area (Å²) < 4.78 is 31.4. The molecule has 0 saturated heterocycles. The number of halogens is 1. The number of alkyl halides is 1. The van der Waals surface area contributed by atoms with E-state index in [0.717, 1.165) is 9.87 Å². The van der Waals surface area contributed by atoms with E-state index in [1.807, 2.05) is 0 Å². The Labute approximate surface area is 146 Å². The van der Waals surface area contributed by atoms with E-state index in [0.29, 0.717) is 12.3 Å². The molecule has 0 aliphatic carbocycles. The highest BCUT2D eigenvalue weighted by molar-refractivity contribution is 7.92. The monoisotopic (exact) mass is 367 g/mol. The molecule has 0 spiro atoms. The second-order valence-electron chi connectivity index (χ2n) is 5.06. The van der Waals surface area contributed by atoms with E-state index in [4.69, 9.17) is 16.3 Å². The van der Waals surface area contributed by atoms with Crippen molar-refractivity contribution < 1.29 is 17.9 Å². The highest BCUT2D eigenvalue weighted by atomic mass is 35.5. The van der Waals surface area contributed by atoms with Gasteiger partial charge in [0.05, 0.1) is 23.3 Å². The van der Waals surface area contributed by atoms with E-state index in [9.17, 15) is 13.2 Å². The Kier molecular flexibility index (Phi) is 5.85. The molecule has 0 saturated carbocycles. The lowest BCUT2D eigenvalue weighted by Gasteiger charge is -2.21. The number of hydrogen-bond acceptors (Lipinski definition) is 4. The Morgan fingerprint density at radius 1 is 1.12 bits per heavy atom. The molecular weight excluding hydrogens is 350 g/mol. The first kappa shape index (κ1) is 18.3. The van der Waals surface area contributed by atoms with Crippen LogP contribution in [0.25, 0.3) is 0 Å². The molecule has 2 rings (SSSR count). The molecule has 7 heteroatoms. The van der Waals surface area contributed by atoms with Crippen LogP contribution in [0.5, 0.6) is 0 Å². The summed E-state index contributed by atoms with van der Waals surface area (Å²) in [6, 6.07) is 12.9. The summed E-state index contributed by atoms with van der Waals surface area (Å²) in [7, 11) is -1.14. The maximum Gasteiger partial charge on any atom is 0.340 e. The Morgan fingerprint density at radius 3 is 2.33 bits per heavy atom. The van der Waals surface area contributed by atoms with Crippen molar-refractivity contribution in [3.63, 3.8) is 0 Å². The standard InChI is InChI=1S/C17H18ClNO4S/c1-19(16-6-4-3-5-15(16)17(20)23-2)24(21,22)14-9-7-13(8-10-14)11-12-18/h3-10H,11-12H2,1-2H3. The van der Waals surface area contributed by atoms with Crippen LogP contribution in [-0.2, 0) is 21.2 Å². The lowest BCUT2D eigenvalue weighted by molar-refractivity contribution is 0.0601.